The second kappa shape index (κ2) is 12.8. The average Bonchev–Trinajstić information content (AvgIpc) is 3.47. The van der Waals surface area contributed by atoms with Crippen LogP contribution in [0.3, 0.4) is 0 Å². The summed E-state index contributed by atoms with van der Waals surface area (Å²) < 4.78 is 48.4. The van der Waals surface area contributed by atoms with Crippen molar-refractivity contribution in [2.75, 3.05) is 56.4 Å². The van der Waals surface area contributed by atoms with Gasteiger partial charge in [-0.15, -0.1) is 0 Å². The van der Waals surface area contributed by atoms with Gasteiger partial charge in [-0.25, -0.2) is 0 Å². The molecule has 46 heavy (non-hydrogen) atoms. The van der Waals surface area contributed by atoms with Crippen LogP contribution in [0.1, 0.15) is 41.3 Å². The first-order valence-corrected chi connectivity index (χ1v) is 15.3. The highest BCUT2D eigenvalue weighted by Gasteiger charge is 2.45. The maximum atomic E-state index is 14.3. The number of carboxylic acids is 1. The lowest BCUT2D eigenvalue weighted by molar-refractivity contribution is -0.198. The van der Waals surface area contributed by atoms with Gasteiger partial charge in [0.2, 0.25) is 17.9 Å². The summed E-state index contributed by atoms with van der Waals surface area (Å²) in [6.45, 7) is 4.46. The van der Waals surface area contributed by atoms with Gasteiger partial charge in [0.05, 0.1) is 0 Å². The van der Waals surface area contributed by atoms with E-state index in [1.807, 2.05) is 4.90 Å². The Labute approximate surface area is 263 Å². The van der Waals surface area contributed by atoms with E-state index in [-0.39, 0.29) is 28.7 Å². The molecule has 1 spiro atoms. The van der Waals surface area contributed by atoms with E-state index in [0.29, 0.717) is 68.9 Å². The minimum Gasteiger partial charge on any atom is -0.480 e. The summed E-state index contributed by atoms with van der Waals surface area (Å²) in [6, 6.07) is 13.7. The van der Waals surface area contributed by atoms with E-state index in [9.17, 15) is 27.9 Å². The van der Waals surface area contributed by atoms with Gasteiger partial charge >= 0.3 is 12.1 Å². The third kappa shape index (κ3) is 6.87. The van der Waals surface area contributed by atoms with Crippen LogP contribution >= 0.6 is 0 Å². The number of nitrogens with zero attached hydrogens (tertiary/aromatic N) is 4. The highest BCUT2D eigenvalue weighted by molar-refractivity contribution is 5.94. The zero-order valence-corrected chi connectivity index (χ0v) is 25.1. The van der Waals surface area contributed by atoms with Gasteiger partial charge in [0.25, 0.3) is 5.91 Å². The number of anilines is 2. The van der Waals surface area contributed by atoms with E-state index >= 15 is 0 Å². The number of carboxylic acid groups (broad SMARTS) is 1. The van der Waals surface area contributed by atoms with Crippen molar-refractivity contribution in [3.8, 4) is 17.0 Å². The molecule has 3 aliphatic heterocycles. The number of carbonyl (C=O) groups is 2. The number of ether oxygens (including phenoxy) is 1. The van der Waals surface area contributed by atoms with Crippen LogP contribution in [-0.2, 0) is 4.79 Å². The van der Waals surface area contributed by atoms with Gasteiger partial charge < -0.3 is 36.0 Å². The van der Waals surface area contributed by atoms with E-state index in [4.69, 9.17) is 10.5 Å². The fourth-order valence-electron chi connectivity index (χ4n) is 6.49. The smallest absolute Gasteiger partial charge is 0.429 e. The predicted octanol–water partition coefficient (Wildman–Crippen LogP) is 3.49. The van der Waals surface area contributed by atoms with Crippen molar-refractivity contribution >= 4 is 23.6 Å². The molecule has 6 rings (SSSR count). The van der Waals surface area contributed by atoms with Gasteiger partial charge in [0, 0.05) is 63.0 Å². The lowest BCUT2D eigenvalue weighted by Crippen LogP contribution is -2.46. The number of carbonyl (C=O) groups excluding carboxylic acids is 1. The zero-order chi connectivity index (χ0) is 32.5. The molecule has 0 radical (unpaired) electrons. The van der Waals surface area contributed by atoms with Crippen molar-refractivity contribution in [1.82, 2.24) is 25.5 Å². The molecule has 1 amide bonds. The monoisotopic (exact) mass is 639 g/mol. The number of piperazine rings is 1. The molecule has 0 bridgehead atoms. The molecule has 3 fully saturated rings. The first-order chi connectivity index (χ1) is 22.0. The van der Waals surface area contributed by atoms with Crippen LogP contribution in [0.25, 0.3) is 11.1 Å². The fraction of sp³-hybridized carbons (Fsp3) is 0.438. The quantitative estimate of drug-likeness (QED) is 0.303. The summed E-state index contributed by atoms with van der Waals surface area (Å²) in [5, 5.41) is 15.6. The molecular weight excluding hydrogens is 603 g/mol. The molecule has 3 aromatic rings. The van der Waals surface area contributed by atoms with Crippen LogP contribution in [-0.4, -0.2) is 89.9 Å². The third-order valence-corrected chi connectivity index (χ3v) is 9.13. The van der Waals surface area contributed by atoms with Crippen molar-refractivity contribution in [2.45, 2.75) is 37.6 Å². The van der Waals surface area contributed by atoms with E-state index in [0.717, 1.165) is 18.7 Å². The Balaban J connectivity index is 1.14. The number of rotatable bonds is 7. The number of nitrogen functional groups attached to an aromatic ring is 1. The second-order valence-electron chi connectivity index (χ2n) is 12.2. The Kier molecular flexibility index (Phi) is 8.75. The zero-order valence-electron chi connectivity index (χ0n) is 25.1. The summed E-state index contributed by atoms with van der Waals surface area (Å²) in [4.78, 5) is 36.0. The van der Waals surface area contributed by atoms with Crippen LogP contribution in [0.2, 0.25) is 0 Å². The number of piperidine rings is 1. The topological polar surface area (TPSA) is 146 Å². The second-order valence-corrected chi connectivity index (χ2v) is 12.2. The van der Waals surface area contributed by atoms with Crippen LogP contribution in [0.15, 0.2) is 54.6 Å². The van der Waals surface area contributed by atoms with E-state index in [1.165, 1.54) is 18.2 Å². The molecule has 0 saturated carbocycles. The maximum Gasteiger partial charge on any atom is 0.429 e. The molecular formula is C32H36F3N7O4. The summed E-state index contributed by atoms with van der Waals surface area (Å²) >= 11 is 0. The number of aromatic nitrogens is 2. The minimum atomic E-state index is -4.75. The molecule has 3 saturated heterocycles. The first kappa shape index (κ1) is 31.5. The van der Waals surface area contributed by atoms with Crippen molar-refractivity contribution in [3.05, 3.63) is 65.7 Å². The van der Waals surface area contributed by atoms with E-state index in [1.54, 1.807) is 41.3 Å². The summed E-state index contributed by atoms with van der Waals surface area (Å²) in [5.41, 5.74) is 7.66. The van der Waals surface area contributed by atoms with Gasteiger partial charge in [0.1, 0.15) is 11.9 Å². The normalized spacial score (nSPS) is 20.5. The lowest BCUT2D eigenvalue weighted by atomic mass is 9.76. The number of benzene rings is 2. The predicted molar refractivity (Wildman–Crippen MR) is 164 cm³/mol. The van der Waals surface area contributed by atoms with Gasteiger partial charge in [-0.1, -0.05) is 36.4 Å². The Morgan fingerprint density at radius 3 is 2.20 bits per heavy atom. The number of alkyl halides is 3. The number of nitrogens with one attached hydrogen (secondary N) is 2. The highest BCUT2D eigenvalue weighted by Crippen LogP contribution is 2.41. The number of hydrogen-bond donors (Lipinski definition) is 4. The van der Waals surface area contributed by atoms with E-state index < -0.39 is 24.3 Å². The molecule has 244 valence electrons. The Morgan fingerprint density at radius 1 is 0.978 bits per heavy atom. The molecule has 1 aromatic heterocycles. The van der Waals surface area contributed by atoms with Crippen LogP contribution in [0, 0.1) is 5.41 Å². The molecule has 11 nitrogen and oxygen atoms in total. The van der Waals surface area contributed by atoms with Crippen LogP contribution < -0.4 is 26.0 Å². The Bertz CT molecular complexity index is 1560. The number of nitrogens with two attached hydrogens (primary N) is 1. The standard InChI is InChI=1S/C32H36F3N7O4/c33-32(34,35)27(22-5-1-20(2-6-22)21-3-7-23(8-4-21)28(43)42-15-11-37-12-16-42)46-26-17-25(39-30(36)40-26)41-13-9-31(10-14-41)18-24(29(44)45)38-19-31/h1-8,17,24,27,37-38H,9-16,18-19H2,(H,44,45)(H2,36,39,40)/t24-,27?/m0/s1. The molecule has 4 heterocycles. The summed E-state index contributed by atoms with van der Waals surface area (Å²) in [6.07, 6.45) is -5.11. The Morgan fingerprint density at radius 2 is 1.61 bits per heavy atom. The molecule has 2 atom stereocenters. The van der Waals surface area contributed by atoms with Crippen molar-refractivity contribution in [3.63, 3.8) is 0 Å². The lowest BCUT2D eigenvalue weighted by Gasteiger charge is -2.39. The average molecular weight is 640 g/mol. The van der Waals surface area contributed by atoms with E-state index in [2.05, 4.69) is 20.6 Å². The Hall–Kier alpha value is -4.43. The summed E-state index contributed by atoms with van der Waals surface area (Å²) in [7, 11) is 0. The molecule has 1 unspecified atom stereocenters. The van der Waals surface area contributed by atoms with Gasteiger partial charge in [-0.3, -0.25) is 9.59 Å². The van der Waals surface area contributed by atoms with Crippen molar-refractivity contribution < 1.29 is 32.6 Å². The molecule has 3 aliphatic rings. The first-order valence-electron chi connectivity index (χ1n) is 15.3. The SMILES string of the molecule is Nc1nc(OC(c2ccc(-c3ccc(C(=O)N4CCNCC4)cc3)cc2)C(F)(F)F)cc(N2CCC3(CC2)CN[C@H](C(=O)O)C3)n1. The highest BCUT2D eigenvalue weighted by atomic mass is 19.4. The van der Waals surface area contributed by atoms with Gasteiger partial charge in [-0.05, 0) is 47.9 Å². The third-order valence-electron chi connectivity index (χ3n) is 9.13. The number of aliphatic carboxylic acids is 1. The largest absolute Gasteiger partial charge is 0.480 e. The minimum absolute atomic E-state index is 0.0497. The van der Waals surface area contributed by atoms with Gasteiger partial charge in [-0.2, -0.15) is 23.1 Å². The fourth-order valence-corrected chi connectivity index (χ4v) is 6.49. The summed E-state index contributed by atoms with van der Waals surface area (Å²) in [5.74, 6) is -1.07. The molecule has 14 heteroatoms. The molecule has 5 N–H and O–H groups in total. The molecule has 2 aromatic carbocycles. The number of hydrogen-bond acceptors (Lipinski definition) is 9. The number of amides is 1. The van der Waals surface area contributed by atoms with Crippen molar-refractivity contribution in [2.24, 2.45) is 5.41 Å². The maximum absolute atomic E-state index is 14.3. The van der Waals surface area contributed by atoms with Crippen LogP contribution in [0.5, 0.6) is 5.88 Å². The molecule has 0 aliphatic carbocycles. The number of halogens is 3. The van der Waals surface area contributed by atoms with Crippen molar-refractivity contribution in [1.29, 1.82) is 0 Å². The van der Waals surface area contributed by atoms with Crippen LogP contribution in [0.4, 0.5) is 24.9 Å². The van der Waals surface area contributed by atoms with Gasteiger partial charge in [0.15, 0.2) is 0 Å².